The first-order chi connectivity index (χ1) is 10.2. The molecule has 8 nitrogen and oxygen atoms in total. The van der Waals surface area contributed by atoms with E-state index in [2.05, 4.69) is 29.9 Å². The molecule has 2 aromatic rings. The molecule has 1 fully saturated rings. The number of halogens is 1. The minimum atomic E-state index is 0. The van der Waals surface area contributed by atoms with Gasteiger partial charge in [-0.25, -0.2) is 9.98 Å². The van der Waals surface area contributed by atoms with Gasteiger partial charge in [-0.2, -0.15) is 4.98 Å². The van der Waals surface area contributed by atoms with Crippen LogP contribution in [-0.4, -0.2) is 52.2 Å². The maximum Gasteiger partial charge on any atom is 0.223 e. The van der Waals surface area contributed by atoms with E-state index in [1.165, 1.54) is 0 Å². The number of anilines is 1. The summed E-state index contributed by atoms with van der Waals surface area (Å²) in [5, 5.41) is 6.85. The van der Waals surface area contributed by atoms with E-state index in [1.54, 1.807) is 18.3 Å². The monoisotopic (exact) mass is 435 g/mol. The van der Waals surface area contributed by atoms with E-state index in [-0.39, 0.29) is 24.0 Å². The van der Waals surface area contributed by atoms with E-state index in [1.807, 2.05) is 11.6 Å². The fourth-order valence-corrected chi connectivity index (χ4v) is 2.85. The Morgan fingerprint density at radius 3 is 2.77 bits per heavy atom. The summed E-state index contributed by atoms with van der Waals surface area (Å²) in [6, 6.07) is 0. The summed E-state index contributed by atoms with van der Waals surface area (Å²) in [7, 11) is 0. The summed E-state index contributed by atoms with van der Waals surface area (Å²) in [5.41, 5.74) is 6.03. The van der Waals surface area contributed by atoms with Gasteiger partial charge in [-0.15, -0.1) is 35.3 Å². The molecule has 0 bridgehead atoms. The lowest BCUT2D eigenvalue weighted by atomic mass is 10.3. The van der Waals surface area contributed by atoms with Crippen molar-refractivity contribution in [3.8, 4) is 0 Å². The van der Waals surface area contributed by atoms with Crippen molar-refractivity contribution in [3.63, 3.8) is 0 Å². The van der Waals surface area contributed by atoms with Crippen molar-refractivity contribution < 1.29 is 4.52 Å². The fourth-order valence-electron chi connectivity index (χ4n) is 2.16. The number of thiazole rings is 1. The second kappa shape index (κ2) is 7.72. The average Bonchev–Trinajstić information content (AvgIpc) is 3.16. The molecule has 3 rings (SSSR count). The second-order valence-corrected chi connectivity index (χ2v) is 5.57. The summed E-state index contributed by atoms with van der Waals surface area (Å²) in [6.45, 7) is 5.55. The topological polar surface area (TPSA) is 96.7 Å². The molecule has 0 aliphatic carbocycles. The fraction of sp³-hybridized carbons (Fsp3) is 0.500. The number of piperazine rings is 1. The molecule has 0 radical (unpaired) electrons. The number of nitrogens with two attached hydrogens (primary N) is 1. The molecule has 0 unspecified atom stereocenters. The van der Waals surface area contributed by atoms with E-state index in [9.17, 15) is 0 Å². The van der Waals surface area contributed by atoms with E-state index in [4.69, 9.17) is 10.3 Å². The lowest BCUT2D eigenvalue weighted by Gasteiger charge is -2.35. The smallest absolute Gasteiger partial charge is 0.223 e. The van der Waals surface area contributed by atoms with Crippen LogP contribution in [0, 0.1) is 6.92 Å². The molecule has 1 saturated heterocycles. The van der Waals surface area contributed by atoms with Gasteiger partial charge in [0.25, 0.3) is 0 Å². The number of guanidine groups is 1. The quantitative estimate of drug-likeness (QED) is 0.438. The van der Waals surface area contributed by atoms with Gasteiger partial charge in [0.15, 0.2) is 16.9 Å². The summed E-state index contributed by atoms with van der Waals surface area (Å²) in [6.07, 6.45) is 1.83. The van der Waals surface area contributed by atoms with Gasteiger partial charge >= 0.3 is 0 Å². The summed E-state index contributed by atoms with van der Waals surface area (Å²) >= 11 is 1.66. The first kappa shape index (κ1) is 16.9. The zero-order valence-corrected chi connectivity index (χ0v) is 15.3. The van der Waals surface area contributed by atoms with E-state index in [0.717, 1.165) is 31.3 Å². The second-order valence-electron chi connectivity index (χ2n) is 4.69. The molecule has 0 spiro atoms. The maximum absolute atomic E-state index is 6.03. The normalized spacial score (nSPS) is 15.8. The first-order valence-electron chi connectivity index (χ1n) is 6.71. The third-order valence-corrected chi connectivity index (χ3v) is 4.08. The van der Waals surface area contributed by atoms with Gasteiger partial charge in [-0.05, 0) is 0 Å². The van der Waals surface area contributed by atoms with Crippen LogP contribution in [0.1, 0.15) is 11.7 Å². The number of hydrogen-bond donors (Lipinski definition) is 1. The molecule has 0 atom stereocenters. The Kier molecular flexibility index (Phi) is 5.94. The molecule has 0 amide bonds. The highest BCUT2D eigenvalue weighted by molar-refractivity contribution is 14.0. The summed E-state index contributed by atoms with van der Waals surface area (Å²) in [4.78, 5) is 17.1. The van der Waals surface area contributed by atoms with E-state index >= 15 is 0 Å². The highest BCUT2D eigenvalue weighted by atomic mass is 127. The van der Waals surface area contributed by atoms with Crippen LogP contribution >= 0.6 is 35.3 Å². The molecule has 2 N–H and O–H groups in total. The molecule has 22 heavy (non-hydrogen) atoms. The average molecular weight is 435 g/mol. The molecule has 0 saturated carbocycles. The van der Waals surface area contributed by atoms with Crippen molar-refractivity contribution in [1.29, 1.82) is 0 Å². The van der Waals surface area contributed by atoms with Crippen LogP contribution in [0.4, 0.5) is 5.13 Å². The zero-order chi connectivity index (χ0) is 14.7. The SMILES string of the molecule is Cc1nc(CN=C(N)N2CCN(c3nccs3)CC2)no1.I. The molecular formula is C12H18IN7OS. The number of aryl methyl sites for hydroxylation is 1. The van der Waals surface area contributed by atoms with E-state index in [0.29, 0.717) is 24.2 Å². The van der Waals surface area contributed by atoms with Crippen molar-refractivity contribution in [3.05, 3.63) is 23.3 Å². The van der Waals surface area contributed by atoms with Gasteiger partial charge in [0.2, 0.25) is 5.89 Å². The van der Waals surface area contributed by atoms with Gasteiger partial charge in [-0.1, -0.05) is 5.16 Å². The number of aromatic nitrogens is 3. The molecule has 3 heterocycles. The van der Waals surface area contributed by atoms with Gasteiger partial charge in [0, 0.05) is 44.7 Å². The van der Waals surface area contributed by atoms with Crippen LogP contribution < -0.4 is 10.6 Å². The molecular weight excluding hydrogens is 417 g/mol. The van der Waals surface area contributed by atoms with Gasteiger partial charge in [0.05, 0.1) is 0 Å². The number of aliphatic imine (C=N–C) groups is 1. The Bertz CT molecular complexity index is 607. The van der Waals surface area contributed by atoms with Crippen LogP contribution in [0.3, 0.4) is 0 Å². The lowest BCUT2D eigenvalue weighted by molar-refractivity contribution is 0.378. The molecule has 0 aromatic carbocycles. The third-order valence-electron chi connectivity index (χ3n) is 3.25. The van der Waals surface area contributed by atoms with Crippen LogP contribution in [0.25, 0.3) is 0 Å². The highest BCUT2D eigenvalue weighted by Crippen LogP contribution is 2.18. The number of nitrogens with zero attached hydrogens (tertiary/aromatic N) is 6. The molecule has 2 aromatic heterocycles. The minimum Gasteiger partial charge on any atom is -0.370 e. The van der Waals surface area contributed by atoms with Crippen LogP contribution in [0.15, 0.2) is 21.1 Å². The Morgan fingerprint density at radius 2 is 2.18 bits per heavy atom. The predicted molar refractivity (Wildman–Crippen MR) is 95.7 cm³/mol. The first-order valence-corrected chi connectivity index (χ1v) is 7.59. The Balaban J connectivity index is 0.00000176. The van der Waals surface area contributed by atoms with E-state index < -0.39 is 0 Å². The van der Waals surface area contributed by atoms with Crippen molar-refractivity contribution in [2.45, 2.75) is 13.5 Å². The van der Waals surface area contributed by atoms with Crippen molar-refractivity contribution in [2.24, 2.45) is 10.7 Å². The number of rotatable bonds is 3. The van der Waals surface area contributed by atoms with Gasteiger partial charge in [-0.3, -0.25) is 0 Å². The Labute approximate surface area is 149 Å². The van der Waals surface area contributed by atoms with Crippen LogP contribution in [0.2, 0.25) is 0 Å². The Morgan fingerprint density at radius 1 is 1.41 bits per heavy atom. The number of hydrogen-bond acceptors (Lipinski definition) is 7. The van der Waals surface area contributed by atoms with Crippen molar-refractivity contribution in [2.75, 3.05) is 31.1 Å². The molecule has 10 heteroatoms. The highest BCUT2D eigenvalue weighted by Gasteiger charge is 2.19. The van der Waals surface area contributed by atoms with Gasteiger partial charge < -0.3 is 20.1 Å². The standard InChI is InChI=1S/C12H17N7OS.HI/c1-9-16-10(17-20-9)8-15-11(13)18-3-5-19(6-4-18)12-14-2-7-21-12;/h2,7H,3-6,8H2,1H3,(H2,13,15);1H. The lowest BCUT2D eigenvalue weighted by Crippen LogP contribution is -2.51. The predicted octanol–water partition coefficient (Wildman–Crippen LogP) is 1.09. The molecule has 120 valence electrons. The Hall–Kier alpha value is -1.43. The van der Waals surface area contributed by atoms with Crippen LogP contribution in [0.5, 0.6) is 0 Å². The van der Waals surface area contributed by atoms with Gasteiger partial charge in [0.1, 0.15) is 6.54 Å². The largest absolute Gasteiger partial charge is 0.370 e. The molecule has 1 aliphatic heterocycles. The summed E-state index contributed by atoms with van der Waals surface area (Å²) in [5.74, 6) is 1.61. The molecule has 1 aliphatic rings. The minimum absolute atomic E-state index is 0. The third kappa shape index (κ3) is 4.06. The van der Waals surface area contributed by atoms with Crippen molar-refractivity contribution in [1.82, 2.24) is 20.0 Å². The summed E-state index contributed by atoms with van der Waals surface area (Å²) < 4.78 is 4.90. The zero-order valence-electron chi connectivity index (χ0n) is 12.2. The maximum atomic E-state index is 6.03. The van der Waals surface area contributed by atoms with Crippen molar-refractivity contribution >= 4 is 46.4 Å². The van der Waals surface area contributed by atoms with Crippen LogP contribution in [-0.2, 0) is 6.54 Å².